The average molecular weight is 432 g/mol. The molecule has 162 valence electrons. The number of nitrogens with one attached hydrogen (secondary N) is 1. The molecule has 1 aromatic rings. The molecule has 0 aromatic heterocycles. The predicted molar refractivity (Wildman–Crippen MR) is 117 cm³/mol. The van der Waals surface area contributed by atoms with Crippen LogP contribution in [-0.2, 0) is 19.6 Å². The first-order chi connectivity index (χ1) is 14.3. The molecule has 0 spiro atoms. The number of ether oxygens (including phenoxy) is 1. The van der Waals surface area contributed by atoms with E-state index in [0.29, 0.717) is 48.2 Å². The maximum absolute atomic E-state index is 12.8. The maximum Gasteiger partial charge on any atom is 0.285 e. The van der Waals surface area contributed by atoms with Crippen molar-refractivity contribution in [2.45, 2.75) is 46.1 Å². The molecular weight excluding hydrogens is 402 g/mol. The van der Waals surface area contributed by atoms with Crippen LogP contribution in [0.15, 0.2) is 28.2 Å². The molecule has 1 atom stereocenters. The Kier molecular flexibility index (Phi) is 5.72. The number of rotatable bonds is 3. The quantitative estimate of drug-likeness (QED) is 0.794. The lowest BCUT2D eigenvalue weighted by molar-refractivity contribution is -0.125. The Morgan fingerprint density at radius 3 is 2.50 bits per heavy atom. The van der Waals surface area contributed by atoms with Crippen LogP contribution in [0.5, 0.6) is 0 Å². The molecule has 3 heterocycles. The minimum Gasteiger partial charge on any atom is -0.381 e. The molecule has 2 fully saturated rings. The second-order valence-corrected chi connectivity index (χ2v) is 10.0. The fourth-order valence-electron chi connectivity index (χ4n) is 4.36. The zero-order valence-electron chi connectivity index (χ0n) is 17.8. The molecule has 0 aliphatic carbocycles. The van der Waals surface area contributed by atoms with Crippen LogP contribution in [0.3, 0.4) is 0 Å². The van der Waals surface area contributed by atoms with Gasteiger partial charge in [0.05, 0.1) is 12.5 Å². The number of carbonyl (C=O) groups is 1. The normalized spacial score (nSPS) is 24.3. The summed E-state index contributed by atoms with van der Waals surface area (Å²) in [4.78, 5) is 14.7. The number of amides is 1. The Labute approximate surface area is 178 Å². The summed E-state index contributed by atoms with van der Waals surface area (Å²) in [6.07, 6.45) is 2.32. The highest BCUT2D eigenvalue weighted by Gasteiger charge is 2.35. The summed E-state index contributed by atoms with van der Waals surface area (Å²) in [6.45, 7) is 8.31. The van der Waals surface area contributed by atoms with Gasteiger partial charge in [0.15, 0.2) is 0 Å². The van der Waals surface area contributed by atoms with E-state index in [-0.39, 0.29) is 17.9 Å². The van der Waals surface area contributed by atoms with E-state index in [1.165, 1.54) is 0 Å². The number of hydrogen-bond acceptors (Lipinski definition) is 5. The fraction of sp³-hybridized carbons (Fsp3) is 0.545. The van der Waals surface area contributed by atoms with Gasteiger partial charge in [-0.2, -0.15) is 8.42 Å². The highest BCUT2D eigenvalue weighted by atomic mass is 32.2. The van der Waals surface area contributed by atoms with Gasteiger partial charge in [-0.1, -0.05) is 18.2 Å². The summed E-state index contributed by atoms with van der Waals surface area (Å²) in [5.41, 5.74) is 3.57. The zero-order valence-corrected chi connectivity index (χ0v) is 18.6. The Morgan fingerprint density at radius 2 is 1.87 bits per heavy atom. The van der Waals surface area contributed by atoms with Gasteiger partial charge < -0.3 is 15.0 Å². The van der Waals surface area contributed by atoms with Crippen molar-refractivity contribution in [2.75, 3.05) is 26.3 Å². The standard InChI is InChI=1S/C22H29N3O4S/c1-14-4-5-17(12-15(14)2)20-16(3)21(24-30(20,27)28)25-9-6-19(7-10-25)23-22(26)18-8-11-29-13-18/h4-5,12,18-19H,6-11,13H2,1-3H3,(H,23,26)/t18-/m1/s1. The molecule has 4 rings (SSSR count). The molecule has 3 aliphatic rings. The monoisotopic (exact) mass is 431 g/mol. The van der Waals surface area contributed by atoms with Crippen molar-refractivity contribution in [3.8, 4) is 0 Å². The van der Waals surface area contributed by atoms with Crippen molar-refractivity contribution in [3.63, 3.8) is 0 Å². The van der Waals surface area contributed by atoms with Gasteiger partial charge in [-0.3, -0.25) is 4.79 Å². The summed E-state index contributed by atoms with van der Waals surface area (Å²) in [5, 5.41) is 3.13. The molecule has 30 heavy (non-hydrogen) atoms. The topological polar surface area (TPSA) is 88.1 Å². The van der Waals surface area contributed by atoms with Crippen LogP contribution in [0.25, 0.3) is 4.91 Å². The summed E-state index contributed by atoms with van der Waals surface area (Å²) < 4.78 is 35.1. The first-order valence-electron chi connectivity index (χ1n) is 10.5. The lowest BCUT2D eigenvalue weighted by Crippen LogP contribution is -2.48. The average Bonchev–Trinajstić information content (AvgIpc) is 3.31. The molecule has 0 radical (unpaired) electrons. The van der Waals surface area contributed by atoms with Crippen molar-refractivity contribution in [2.24, 2.45) is 10.3 Å². The van der Waals surface area contributed by atoms with Crippen LogP contribution < -0.4 is 5.32 Å². The minimum atomic E-state index is -3.72. The molecule has 1 amide bonds. The second kappa shape index (κ2) is 8.15. The van der Waals surface area contributed by atoms with Crippen LogP contribution >= 0.6 is 0 Å². The van der Waals surface area contributed by atoms with Gasteiger partial charge in [0.2, 0.25) is 5.91 Å². The van der Waals surface area contributed by atoms with Crippen LogP contribution in [0.4, 0.5) is 0 Å². The van der Waals surface area contributed by atoms with Crippen molar-refractivity contribution in [1.82, 2.24) is 10.2 Å². The molecule has 8 heteroatoms. The molecule has 3 aliphatic heterocycles. The molecule has 0 saturated carbocycles. The first-order valence-corrected chi connectivity index (χ1v) is 12.0. The van der Waals surface area contributed by atoms with Gasteiger partial charge >= 0.3 is 0 Å². The van der Waals surface area contributed by atoms with E-state index in [0.717, 1.165) is 30.4 Å². The van der Waals surface area contributed by atoms with Crippen molar-refractivity contribution in [1.29, 1.82) is 0 Å². The van der Waals surface area contributed by atoms with Crippen LogP contribution in [0.1, 0.15) is 42.9 Å². The number of nitrogens with zero attached hydrogens (tertiary/aromatic N) is 2. The third-order valence-corrected chi connectivity index (χ3v) is 7.82. The van der Waals surface area contributed by atoms with Gasteiger partial charge in [0, 0.05) is 31.3 Å². The molecule has 1 N–H and O–H groups in total. The lowest BCUT2D eigenvalue weighted by atomic mass is 10.0. The van der Waals surface area contributed by atoms with Gasteiger partial charge in [-0.05, 0) is 56.7 Å². The summed E-state index contributed by atoms with van der Waals surface area (Å²) >= 11 is 0. The van der Waals surface area contributed by atoms with Crippen molar-refractivity contribution < 1.29 is 17.9 Å². The minimum absolute atomic E-state index is 0.0434. The first kappa shape index (κ1) is 21.1. The number of sulfonamides is 1. The number of carbonyl (C=O) groups excluding carboxylic acids is 1. The number of benzene rings is 1. The lowest BCUT2D eigenvalue weighted by Gasteiger charge is -2.34. The fourth-order valence-corrected chi connectivity index (χ4v) is 5.84. The van der Waals surface area contributed by atoms with E-state index in [9.17, 15) is 13.2 Å². The van der Waals surface area contributed by atoms with E-state index in [1.54, 1.807) is 0 Å². The second-order valence-electron chi connectivity index (χ2n) is 8.47. The van der Waals surface area contributed by atoms with E-state index in [1.807, 2.05) is 43.9 Å². The van der Waals surface area contributed by atoms with Crippen LogP contribution in [0.2, 0.25) is 0 Å². The predicted octanol–water partition coefficient (Wildman–Crippen LogP) is 2.39. The molecule has 7 nitrogen and oxygen atoms in total. The molecule has 2 saturated heterocycles. The smallest absolute Gasteiger partial charge is 0.285 e. The number of piperidine rings is 1. The number of amidine groups is 1. The Hall–Kier alpha value is -2.19. The molecule has 0 unspecified atom stereocenters. The van der Waals surface area contributed by atoms with Crippen LogP contribution in [-0.4, -0.2) is 57.4 Å². The summed E-state index contributed by atoms with van der Waals surface area (Å²) in [6, 6.07) is 5.82. The zero-order chi connectivity index (χ0) is 21.5. The van der Waals surface area contributed by atoms with Gasteiger partial charge in [0.25, 0.3) is 10.0 Å². The van der Waals surface area contributed by atoms with Crippen LogP contribution in [0, 0.1) is 19.8 Å². The van der Waals surface area contributed by atoms with E-state index < -0.39 is 10.0 Å². The molecule has 0 bridgehead atoms. The van der Waals surface area contributed by atoms with Crippen molar-refractivity contribution in [3.05, 3.63) is 40.5 Å². The van der Waals surface area contributed by atoms with E-state index in [4.69, 9.17) is 4.74 Å². The van der Waals surface area contributed by atoms with Gasteiger partial charge in [0.1, 0.15) is 10.7 Å². The highest BCUT2D eigenvalue weighted by Crippen LogP contribution is 2.35. The molecular formula is C22H29N3O4S. The third-order valence-electron chi connectivity index (χ3n) is 6.35. The SMILES string of the molecule is CC1=C(c2ccc(C)c(C)c2)S(=O)(=O)N=C1N1CCC(NC(=O)[C@@H]2CCOC2)CC1. The largest absolute Gasteiger partial charge is 0.381 e. The van der Waals surface area contributed by atoms with E-state index in [2.05, 4.69) is 9.71 Å². The highest BCUT2D eigenvalue weighted by molar-refractivity contribution is 8.00. The van der Waals surface area contributed by atoms with E-state index >= 15 is 0 Å². The third kappa shape index (κ3) is 4.03. The summed E-state index contributed by atoms with van der Waals surface area (Å²) in [5.74, 6) is 0.565. The Balaban J connectivity index is 1.46. The maximum atomic E-state index is 12.8. The number of likely N-dealkylation sites (tertiary alicyclic amines) is 1. The molecule has 1 aromatic carbocycles. The van der Waals surface area contributed by atoms with Gasteiger partial charge in [-0.15, -0.1) is 4.40 Å². The summed E-state index contributed by atoms with van der Waals surface area (Å²) in [7, 11) is -3.72. The van der Waals surface area contributed by atoms with Crippen molar-refractivity contribution >= 4 is 26.7 Å². The Bertz CT molecular complexity index is 1010. The number of hydrogen-bond donors (Lipinski definition) is 1. The number of aryl methyl sites for hydroxylation is 2. The van der Waals surface area contributed by atoms with Gasteiger partial charge in [-0.25, -0.2) is 0 Å². The Morgan fingerprint density at radius 1 is 1.13 bits per heavy atom.